The molecule has 1 aromatic heterocycles. The fraction of sp³-hybridized carbons (Fsp3) is 0.467. The summed E-state index contributed by atoms with van der Waals surface area (Å²) in [4.78, 5) is 0. The first-order valence-electron chi connectivity index (χ1n) is 6.45. The van der Waals surface area contributed by atoms with Gasteiger partial charge in [-0.2, -0.15) is 0 Å². The molecule has 3 nitrogen and oxygen atoms in total. The minimum Gasteiger partial charge on any atom is -0.491 e. The summed E-state index contributed by atoms with van der Waals surface area (Å²) in [6.07, 6.45) is 3.37. The van der Waals surface area contributed by atoms with E-state index in [9.17, 15) is 0 Å². The highest BCUT2D eigenvalue weighted by Gasteiger charge is 2.03. The maximum absolute atomic E-state index is 5.70. The van der Waals surface area contributed by atoms with Gasteiger partial charge in [0.1, 0.15) is 5.75 Å². The van der Waals surface area contributed by atoms with Gasteiger partial charge in [0.05, 0.1) is 6.10 Å². The first kappa shape index (κ1) is 13.0. The van der Waals surface area contributed by atoms with E-state index in [2.05, 4.69) is 29.0 Å². The van der Waals surface area contributed by atoms with Crippen LogP contribution in [-0.2, 0) is 11.3 Å². The molecule has 0 aliphatic carbocycles. The lowest BCUT2D eigenvalue weighted by atomic mass is 10.2. The Labute approximate surface area is 108 Å². The summed E-state index contributed by atoms with van der Waals surface area (Å²) in [6, 6.07) is 8.40. The SMILES string of the molecule is COCCCn1ccc2cc(OC(C)C)ccc21. The number of fused-ring (bicyclic) bond motifs is 1. The lowest BCUT2D eigenvalue weighted by Gasteiger charge is -2.10. The first-order chi connectivity index (χ1) is 8.70. The maximum Gasteiger partial charge on any atom is 0.120 e. The smallest absolute Gasteiger partial charge is 0.120 e. The Morgan fingerprint density at radius 1 is 1.22 bits per heavy atom. The zero-order chi connectivity index (χ0) is 13.0. The largest absolute Gasteiger partial charge is 0.491 e. The van der Waals surface area contributed by atoms with Gasteiger partial charge in [-0.05, 0) is 44.5 Å². The Morgan fingerprint density at radius 3 is 2.78 bits per heavy atom. The summed E-state index contributed by atoms with van der Waals surface area (Å²) in [5.41, 5.74) is 1.25. The van der Waals surface area contributed by atoms with E-state index in [0.29, 0.717) is 0 Å². The van der Waals surface area contributed by atoms with Crippen molar-refractivity contribution in [3.05, 3.63) is 30.5 Å². The van der Waals surface area contributed by atoms with Gasteiger partial charge in [0.15, 0.2) is 0 Å². The van der Waals surface area contributed by atoms with Crippen molar-refractivity contribution in [2.24, 2.45) is 0 Å². The fourth-order valence-corrected chi connectivity index (χ4v) is 2.10. The highest BCUT2D eigenvalue weighted by molar-refractivity contribution is 5.81. The van der Waals surface area contributed by atoms with Crippen molar-refractivity contribution < 1.29 is 9.47 Å². The van der Waals surface area contributed by atoms with Gasteiger partial charge < -0.3 is 14.0 Å². The Morgan fingerprint density at radius 2 is 2.06 bits per heavy atom. The first-order valence-corrected chi connectivity index (χ1v) is 6.45. The van der Waals surface area contributed by atoms with Crippen LogP contribution in [0.2, 0.25) is 0 Å². The maximum atomic E-state index is 5.70. The van der Waals surface area contributed by atoms with Gasteiger partial charge in [0.2, 0.25) is 0 Å². The molecule has 3 heteroatoms. The standard InChI is InChI=1S/C15H21NO2/c1-12(2)18-14-5-6-15-13(11-14)7-9-16(15)8-4-10-17-3/h5-7,9,11-12H,4,8,10H2,1-3H3. The lowest BCUT2D eigenvalue weighted by Crippen LogP contribution is -2.05. The minimum atomic E-state index is 0.214. The van der Waals surface area contributed by atoms with Crippen molar-refractivity contribution in [3.8, 4) is 5.75 Å². The number of benzene rings is 1. The predicted octanol–water partition coefficient (Wildman–Crippen LogP) is 3.47. The number of aromatic nitrogens is 1. The molecule has 0 aliphatic rings. The van der Waals surface area contributed by atoms with Gasteiger partial charge in [-0.3, -0.25) is 0 Å². The monoisotopic (exact) mass is 247 g/mol. The second kappa shape index (κ2) is 5.91. The molecule has 2 aromatic rings. The molecule has 1 heterocycles. The number of aryl methyl sites for hydroxylation is 1. The van der Waals surface area contributed by atoms with E-state index >= 15 is 0 Å². The molecule has 0 atom stereocenters. The molecule has 2 rings (SSSR count). The van der Waals surface area contributed by atoms with Gasteiger partial charge in [-0.25, -0.2) is 0 Å². The zero-order valence-corrected chi connectivity index (χ0v) is 11.3. The van der Waals surface area contributed by atoms with Crippen molar-refractivity contribution in [2.45, 2.75) is 32.9 Å². The Bertz CT molecular complexity index is 502. The van der Waals surface area contributed by atoms with E-state index in [0.717, 1.165) is 25.3 Å². The van der Waals surface area contributed by atoms with Gasteiger partial charge in [0, 0.05) is 37.4 Å². The second-order valence-corrected chi connectivity index (χ2v) is 4.74. The van der Waals surface area contributed by atoms with Gasteiger partial charge >= 0.3 is 0 Å². The van der Waals surface area contributed by atoms with E-state index in [1.807, 2.05) is 19.9 Å². The van der Waals surface area contributed by atoms with E-state index in [1.54, 1.807) is 7.11 Å². The molecule has 0 saturated carbocycles. The number of rotatable bonds is 6. The third kappa shape index (κ3) is 3.05. The molecular weight excluding hydrogens is 226 g/mol. The molecule has 0 aliphatic heterocycles. The molecule has 18 heavy (non-hydrogen) atoms. The average molecular weight is 247 g/mol. The second-order valence-electron chi connectivity index (χ2n) is 4.74. The summed E-state index contributed by atoms with van der Waals surface area (Å²) in [6.45, 7) is 5.87. The van der Waals surface area contributed by atoms with Crippen LogP contribution in [0.4, 0.5) is 0 Å². The van der Waals surface area contributed by atoms with E-state index < -0.39 is 0 Å². The van der Waals surface area contributed by atoms with Crippen LogP contribution in [-0.4, -0.2) is 24.4 Å². The fourth-order valence-electron chi connectivity index (χ4n) is 2.10. The van der Waals surface area contributed by atoms with Crippen LogP contribution in [0.5, 0.6) is 5.75 Å². The molecule has 0 radical (unpaired) electrons. The number of methoxy groups -OCH3 is 1. The predicted molar refractivity (Wildman–Crippen MR) is 74.2 cm³/mol. The number of nitrogens with zero attached hydrogens (tertiary/aromatic N) is 1. The molecule has 98 valence electrons. The van der Waals surface area contributed by atoms with Crippen molar-refractivity contribution in [1.29, 1.82) is 0 Å². The molecule has 0 N–H and O–H groups in total. The highest BCUT2D eigenvalue weighted by atomic mass is 16.5. The van der Waals surface area contributed by atoms with E-state index in [4.69, 9.17) is 9.47 Å². The Hall–Kier alpha value is -1.48. The van der Waals surface area contributed by atoms with Crippen molar-refractivity contribution in [3.63, 3.8) is 0 Å². The summed E-state index contributed by atoms with van der Waals surface area (Å²) in [5.74, 6) is 0.937. The van der Waals surface area contributed by atoms with Crippen molar-refractivity contribution in [2.75, 3.05) is 13.7 Å². The van der Waals surface area contributed by atoms with Gasteiger partial charge in [-0.1, -0.05) is 0 Å². The van der Waals surface area contributed by atoms with Crippen LogP contribution in [0.3, 0.4) is 0 Å². The van der Waals surface area contributed by atoms with Crippen LogP contribution in [0.1, 0.15) is 20.3 Å². The Balaban J connectivity index is 2.15. The van der Waals surface area contributed by atoms with Crippen LogP contribution >= 0.6 is 0 Å². The quantitative estimate of drug-likeness (QED) is 0.730. The number of hydrogen-bond acceptors (Lipinski definition) is 2. The summed E-state index contributed by atoms with van der Waals surface area (Å²) in [7, 11) is 1.74. The van der Waals surface area contributed by atoms with Crippen molar-refractivity contribution in [1.82, 2.24) is 4.57 Å². The van der Waals surface area contributed by atoms with Gasteiger partial charge in [-0.15, -0.1) is 0 Å². The zero-order valence-electron chi connectivity index (χ0n) is 11.3. The average Bonchev–Trinajstić information content (AvgIpc) is 2.71. The Kier molecular flexibility index (Phi) is 4.26. The molecule has 0 amide bonds. The number of hydrogen-bond donors (Lipinski definition) is 0. The van der Waals surface area contributed by atoms with Gasteiger partial charge in [0.25, 0.3) is 0 Å². The summed E-state index contributed by atoms with van der Waals surface area (Å²) in [5, 5.41) is 1.23. The minimum absolute atomic E-state index is 0.214. The molecule has 0 spiro atoms. The third-order valence-electron chi connectivity index (χ3n) is 2.86. The van der Waals surface area contributed by atoms with Crippen LogP contribution in [0.15, 0.2) is 30.5 Å². The summed E-state index contributed by atoms with van der Waals surface area (Å²) < 4.78 is 13.0. The molecule has 0 bridgehead atoms. The van der Waals surface area contributed by atoms with Crippen LogP contribution in [0, 0.1) is 0 Å². The van der Waals surface area contributed by atoms with Crippen molar-refractivity contribution >= 4 is 10.9 Å². The van der Waals surface area contributed by atoms with Crippen LogP contribution < -0.4 is 4.74 Å². The third-order valence-corrected chi connectivity index (χ3v) is 2.86. The number of ether oxygens (including phenoxy) is 2. The topological polar surface area (TPSA) is 23.4 Å². The molecular formula is C15H21NO2. The summed E-state index contributed by atoms with van der Waals surface area (Å²) >= 11 is 0. The molecule has 0 fully saturated rings. The lowest BCUT2D eigenvalue weighted by molar-refractivity contribution is 0.190. The van der Waals surface area contributed by atoms with Crippen LogP contribution in [0.25, 0.3) is 10.9 Å². The molecule has 0 unspecified atom stereocenters. The normalized spacial score (nSPS) is 11.3. The van der Waals surface area contributed by atoms with E-state index in [1.165, 1.54) is 10.9 Å². The molecule has 0 saturated heterocycles. The van der Waals surface area contributed by atoms with E-state index in [-0.39, 0.29) is 6.10 Å². The highest BCUT2D eigenvalue weighted by Crippen LogP contribution is 2.23. The molecule has 1 aromatic carbocycles.